The number of hydrogen-bond acceptors (Lipinski definition) is 3. The number of nitrogens with two attached hydrogens (primary N) is 1. The Morgan fingerprint density at radius 3 is 2.50 bits per heavy atom. The predicted molar refractivity (Wildman–Crippen MR) is 63.8 cm³/mol. The molecular formula is C12H24N2O2. The highest BCUT2D eigenvalue weighted by Crippen LogP contribution is 2.22. The van der Waals surface area contributed by atoms with Gasteiger partial charge in [0, 0.05) is 18.5 Å². The largest absolute Gasteiger partial charge is 0.393 e. The molecule has 1 unspecified atom stereocenters. The van der Waals surface area contributed by atoms with Gasteiger partial charge in [-0.3, -0.25) is 4.79 Å². The predicted octanol–water partition coefficient (Wildman–Crippen LogP) is 0.779. The van der Waals surface area contributed by atoms with Crippen molar-refractivity contribution in [2.75, 3.05) is 0 Å². The van der Waals surface area contributed by atoms with Gasteiger partial charge in [-0.05, 0) is 24.7 Å². The molecule has 0 aromatic heterocycles. The maximum Gasteiger partial charge on any atom is 0.221 e. The molecule has 1 aliphatic carbocycles. The minimum atomic E-state index is -0.228. The van der Waals surface area contributed by atoms with Gasteiger partial charge in [0.15, 0.2) is 0 Å². The molecule has 1 saturated carbocycles. The number of carbonyl (C=O) groups excluding carboxylic acids is 1. The molecule has 0 saturated heterocycles. The van der Waals surface area contributed by atoms with Crippen LogP contribution in [0, 0.1) is 5.41 Å². The number of aliphatic hydroxyl groups is 1. The maximum atomic E-state index is 11.6. The number of aliphatic hydroxyl groups excluding tert-OH is 1. The lowest BCUT2D eigenvalue weighted by Gasteiger charge is -2.32. The standard InChI is InChI=1S/C12H24N2O2/c1-12(2,3)7-8(13)4-11(16)14-9-5-10(15)6-9/h8-10,15H,4-7,13H2,1-3H3,(H,14,16). The van der Waals surface area contributed by atoms with Crippen LogP contribution in [0.4, 0.5) is 0 Å². The van der Waals surface area contributed by atoms with Crippen LogP contribution < -0.4 is 11.1 Å². The van der Waals surface area contributed by atoms with Crippen LogP contribution >= 0.6 is 0 Å². The summed E-state index contributed by atoms with van der Waals surface area (Å²) in [5.41, 5.74) is 6.07. The second-order valence-corrected chi connectivity index (χ2v) is 6.12. The molecule has 1 amide bonds. The Bertz CT molecular complexity index is 242. The summed E-state index contributed by atoms with van der Waals surface area (Å²) in [4.78, 5) is 11.6. The Labute approximate surface area is 97.6 Å². The van der Waals surface area contributed by atoms with E-state index < -0.39 is 0 Å². The third kappa shape index (κ3) is 4.94. The van der Waals surface area contributed by atoms with Crippen molar-refractivity contribution < 1.29 is 9.90 Å². The van der Waals surface area contributed by atoms with Gasteiger partial charge in [0.05, 0.1) is 6.10 Å². The Kier molecular flexibility index (Phi) is 4.33. The van der Waals surface area contributed by atoms with Crippen LogP contribution in [-0.4, -0.2) is 29.2 Å². The average Bonchev–Trinajstić information content (AvgIpc) is 1.96. The third-order valence-electron chi connectivity index (χ3n) is 2.80. The molecule has 16 heavy (non-hydrogen) atoms. The van der Waals surface area contributed by atoms with E-state index in [0.29, 0.717) is 19.3 Å². The number of rotatable bonds is 4. The first-order valence-electron chi connectivity index (χ1n) is 5.99. The summed E-state index contributed by atoms with van der Waals surface area (Å²) in [6.07, 6.45) is 2.35. The van der Waals surface area contributed by atoms with Crippen LogP contribution in [0.2, 0.25) is 0 Å². The molecule has 94 valence electrons. The summed E-state index contributed by atoms with van der Waals surface area (Å²) < 4.78 is 0. The smallest absolute Gasteiger partial charge is 0.221 e. The van der Waals surface area contributed by atoms with Gasteiger partial charge in [0.1, 0.15) is 0 Å². The fraction of sp³-hybridized carbons (Fsp3) is 0.917. The van der Waals surface area contributed by atoms with Crippen LogP contribution in [0.1, 0.15) is 46.5 Å². The molecule has 1 aliphatic rings. The van der Waals surface area contributed by atoms with Crippen molar-refractivity contribution in [1.82, 2.24) is 5.32 Å². The van der Waals surface area contributed by atoms with Crippen LogP contribution in [-0.2, 0) is 4.79 Å². The molecule has 0 heterocycles. The van der Waals surface area contributed by atoms with Gasteiger partial charge in [-0.25, -0.2) is 0 Å². The van der Waals surface area contributed by atoms with E-state index in [1.165, 1.54) is 0 Å². The van der Waals surface area contributed by atoms with Crippen molar-refractivity contribution in [1.29, 1.82) is 0 Å². The fourth-order valence-corrected chi connectivity index (χ4v) is 2.09. The normalized spacial score (nSPS) is 27.1. The van der Waals surface area contributed by atoms with E-state index in [0.717, 1.165) is 6.42 Å². The van der Waals surface area contributed by atoms with E-state index >= 15 is 0 Å². The van der Waals surface area contributed by atoms with Gasteiger partial charge in [-0.2, -0.15) is 0 Å². The summed E-state index contributed by atoms with van der Waals surface area (Å²) in [5, 5.41) is 12.0. The van der Waals surface area contributed by atoms with Crippen molar-refractivity contribution in [3.8, 4) is 0 Å². The number of carbonyl (C=O) groups is 1. The Morgan fingerprint density at radius 2 is 2.06 bits per heavy atom. The summed E-state index contributed by atoms with van der Waals surface area (Å²) >= 11 is 0. The first kappa shape index (κ1) is 13.5. The molecule has 1 rings (SSSR count). The van der Waals surface area contributed by atoms with Crippen molar-refractivity contribution in [3.63, 3.8) is 0 Å². The van der Waals surface area contributed by atoms with Gasteiger partial charge in [-0.1, -0.05) is 20.8 Å². The molecule has 4 heteroatoms. The summed E-state index contributed by atoms with van der Waals surface area (Å²) in [7, 11) is 0. The van der Waals surface area contributed by atoms with E-state index in [-0.39, 0.29) is 29.5 Å². The zero-order valence-electron chi connectivity index (χ0n) is 10.5. The quantitative estimate of drug-likeness (QED) is 0.665. The minimum Gasteiger partial charge on any atom is -0.393 e. The summed E-state index contributed by atoms with van der Waals surface area (Å²) in [6, 6.07) is 0.0781. The Hall–Kier alpha value is -0.610. The number of hydrogen-bond donors (Lipinski definition) is 3. The zero-order valence-corrected chi connectivity index (χ0v) is 10.5. The van der Waals surface area contributed by atoms with Crippen LogP contribution in [0.15, 0.2) is 0 Å². The molecule has 0 radical (unpaired) electrons. The van der Waals surface area contributed by atoms with Gasteiger partial charge in [-0.15, -0.1) is 0 Å². The van der Waals surface area contributed by atoms with Gasteiger partial charge in [0.2, 0.25) is 5.91 Å². The lowest BCUT2D eigenvalue weighted by atomic mass is 9.86. The van der Waals surface area contributed by atoms with E-state index in [1.54, 1.807) is 0 Å². The molecule has 1 fully saturated rings. The van der Waals surface area contributed by atoms with Crippen LogP contribution in [0.5, 0.6) is 0 Å². The van der Waals surface area contributed by atoms with Crippen molar-refractivity contribution in [3.05, 3.63) is 0 Å². The number of amides is 1. The first-order chi connectivity index (χ1) is 7.26. The van der Waals surface area contributed by atoms with Crippen LogP contribution in [0.3, 0.4) is 0 Å². The Balaban J connectivity index is 2.18. The monoisotopic (exact) mass is 228 g/mol. The zero-order chi connectivity index (χ0) is 12.3. The average molecular weight is 228 g/mol. The maximum absolute atomic E-state index is 11.6. The third-order valence-corrected chi connectivity index (χ3v) is 2.80. The SMILES string of the molecule is CC(C)(C)CC(N)CC(=O)NC1CC(O)C1. The van der Waals surface area contributed by atoms with Crippen molar-refractivity contribution >= 4 is 5.91 Å². The highest BCUT2D eigenvalue weighted by Gasteiger charge is 2.28. The molecule has 0 aromatic rings. The van der Waals surface area contributed by atoms with Gasteiger partial charge < -0.3 is 16.2 Å². The van der Waals surface area contributed by atoms with Crippen LogP contribution in [0.25, 0.3) is 0 Å². The van der Waals surface area contributed by atoms with E-state index in [2.05, 4.69) is 26.1 Å². The highest BCUT2D eigenvalue weighted by molar-refractivity contribution is 5.77. The topological polar surface area (TPSA) is 75.4 Å². The number of nitrogens with one attached hydrogen (secondary N) is 1. The molecule has 0 aliphatic heterocycles. The van der Waals surface area contributed by atoms with Gasteiger partial charge in [0.25, 0.3) is 0 Å². The summed E-state index contributed by atoms with van der Waals surface area (Å²) in [6.45, 7) is 6.35. The molecule has 1 atom stereocenters. The molecule has 4 nitrogen and oxygen atoms in total. The fourth-order valence-electron chi connectivity index (χ4n) is 2.09. The molecule has 0 aromatic carbocycles. The minimum absolute atomic E-state index is 0.00801. The van der Waals surface area contributed by atoms with Crippen molar-refractivity contribution in [2.24, 2.45) is 11.1 Å². The van der Waals surface area contributed by atoms with Crippen molar-refractivity contribution in [2.45, 2.75) is 64.6 Å². The Morgan fingerprint density at radius 1 is 1.50 bits per heavy atom. The lowest BCUT2D eigenvalue weighted by molar-refractivity contribution is -0.123. The molecule has 0 bridgehead atoms. The lowest BCUT2D eigenvalue weighted by Crippen LogP contribution is -2.48. The summed E-state index contributed by atoms with van der Waals surface area (Å²) in [5.74, 6) is 0.00801. The molecular weight excluding hydrogens is 204 g/mol. The van der Waals surface area contributed by atoms with E-state index in [4.69, 9.17) is 10.8 Å². The molecule has 0 spiro atoms. The molecule has 4 N–H and O–H groups in total. The first-order valence-corrected chi connectivity index (χ1v) is 5.99. The second-order valence-electron chi connectivity index (χ2n) is 6.12. The second kappa shape index (κ2) is 5.15. The highest BCUT2D eigenvalue weighted by atomic mass is 16.3. The van der Waals surface area contributed by atoms with E-state index in [9.17, 15) is 4.79 Å². The van der Waals surface area contributed by atoms with Gasteiger partial charge >= 0.3 is 0 Å². The van der Waals surface area contributed by atoms with E-state index in [1.807, 2.05) is 0 Å².